The van der Waals surface area contributed by atoms with Crippen LogP contribution in [0.5, 0.6) is 0 Å². The highest BCUT2D eigenvalue weighted by molar-refractivity contribution is 5.82. The molecule has 1 aromatic rings. The molecule has 7 heteroatoms. The molecule has 7 nitrogen and oxygen atoms in total. The van der Waals surface area contributed by atoms with Gasteiger partial charge in [-0.3, -0.25) is 9.59 Å². The van der Waals surface area contributed by atoms with E-state index in [9.17, 15) is 9.59 Å². The number of nitrogens with zero attached hydrogens (tertiary/aromatic N) is 3. The molecule has 0 radical (unpaired) electrons. The molecule has 0 aliphatic carbocycles. The van der Waals surface area contributed by atoms with E-state index in [4.69, 9.17) is 4.74 Å². The number of anilines is 1. The zero-order chi connectivity index (χ0) is 15.2. The molecule has 0 atom stereocenters. The third-order valence-corrected chi connectivity index (χ3v) is 2.14. The first-order chi connectivity index (χ1) is 9.28. The fraction of sp³-hybridized carbons (Fsp3) is 0.538. The van der Waals surface area contributed by atoms with E-state index in [1.165, 1.54) is 0 Å². The Balaban J connectivity index is 2.36. The summed E-state index contributed by atoms with van der Waals surface area (Å²) >= 11 is 0. The van der Waals surface area contributed by atoms with Crippen LogP contribution in [-0.2, 0) is 14.3 Å². The molecule has 0 unspecified atom stereocenters. The van der Waals surface area contributed by atoms with Gasteiger partial charge in [-0.2, -0.15) is 0 Å². The van der Waals surface area contributed by atoms with Crippen LogP contribution in [0.3, 0.4) is 0 Å². The fourth-order valence-electron chi connectivity index (χ4n) is 1.40. The standard InChI is InChI=1S/C13H20N4O3/c1-13(2,3)16-10(18)9-20-11(19)8-17(4)12-14-6-5-7-15-12/h5-7H,8-9H2,1-4H3,(H,16,18). The Labute approximate surface area is 118 Å². The first-order valence-corrected chi connectivity index (χ1v) is 6.23. The minimum absolute atomic E-state index is 0.0210. The van der Waals surface area contributed by atoms with E-state index in [1.807, 2.05) is 20.8 Å². The Morgan fingerprint density at radius 2 is 1.90 bits per heavy atom. The second kappa shape index (κ2) is 6.83. The molecule has 0 aliphatic heterocycles. The molecule has 1 N–H and O–H groups in total. The van der Waals surface area contributed by atoms with Crippen molar-refractivity contribution in [3.8, 4) is 0 Å². The summed E-state index contributed by atoms with van der Waals surface area (Å²) in [4.78, 5) is 32.6. The molecule has 0 aliphatic rings. The van der Waals surface area contributed by atoms with Crippen molar-refractivity contribution in [2.24, 2.45) is 0 Å². The lowest BCUT2D eigenvalue weighted by molar-refractivity contribution is -0.147. The highest BCUT2D eigenvalue weighted by atomic mass is 16.5. The van der Waals surface area contributed by atoms with Crippen LogP contribution in [0.15, 0.2) is 18.5 Å². The molecule has 1 rings (SSSR count). The number of carbonyl (C=O) groups excluding carboxylic acids is 2. The number of rotatable bonds is 5. The van der Waals surface area contributed by atoms with Gasteiger partial charge in [0, 0.05) is 25.0 Å². The van der Waals surface area contributed by atoms with Crippen LogP contribution in [0.1, 0.15) is 20.8 Å². The Bertz CT molecular complexity index is 456. The summed E-state index contributed by atoms with van der Waals surface area (Å²) < 4.78 is 4.89. The van der Waals surface area contributed by atoms with Crippen LogP contribution in [0, 0.1) is 0 Å². The van der Waals surface area contributed by atoms with Gasteiger partial charge in [-0.15, -0.1) is 0 Å². The van der Waals surface area contributed by atoms with Crippen molar-refractivity contribution < 1.29 is 14.3 Å². The van der Waals surface area contributed by atoms with Gasteiger partial charge in [0.25, 0.3) is 5.91 Å². The largest absolute Gasteiger partial charge is 0.454 e. The number of likely N-dealkylation sites (N-methyl/N-ethyl adjacent to an activating group) is 1. The first kappa shape index (κ1) is 15.9. The maximum absolute atomic E-state index is 11.6. The van der Waals surface area contributed by atoms with Gasteiger partial charge in [-0.25, -0.2) is 9.97 Å². The van der Waals surface area contributed by atoms with Crippen molar-refractivity contribution in [1.82, 2.24) is 15.3 Å². The number of hydrogen-bond donors (Lipinski definition) is 1. The van der Waals surface area contributed by atoms with Crippen LogP contribution < -0.4 is 10.2 Å². The fourth-order valence-corrected chi connectivity index (χ4v) is 1.40. The molecule has 0 bridgehead atoms. The number of nitrogens with one attached hydrogen (secondary N) is 1. The minimum Gasteiger partial charge on any atom is -0.454 e. The lowest BCUT2D eigenvalue weighted by atomic mass is 10.1. The summed E-state index contributed by atoms with van der Waals surface area (Å²) in [7, 11) is 1.67. The molecule has 1 amide bonds. The van der Waals surface area contributed by atoms with E-state index in [0.29, 0.717) is 5.95 Å². The number of aromatic nitrogens is 2. The van der Waals surface area contributed by atoms with Gasteiger partial charge in [-0.1, -0.05) is 0 Å². The number of esters is 1. The predicted molar refractivity (Wildman–Crippen MR) is 74.2 cm³/mol. The van der Waals surface area contributed by atoms with Crippen molar-refractivity contribution in [1.29, 1.82) is 0 Å². The van der Waals surface area contributed by atoms with Gasteiger partial charge >= 0.3 is 5.97 Å². The molecule has 0 aromatic carbocycles. The summed E-state index contributed by atoms with van der Waals surface area (Å²) in [6, 6.07) is 1.69. The summed E-state index contributed by atoms with van der Waals surface area (Å²) in [6.07, 6.45) is 3.17. The number of hydrogen-bond acceptors (Lipinski definition) is 6. The molecule has 1 heterocycles. The van der Waals surface area contributed by atoms with Gasteiger partial charge in [-0.05, 0) is 26.8 Å². The van der Waals surface area contributed by atoms with Crippen molar-refractivity contribution >= 4 is 17.8 Å². The Hall–Kier alpha value is -2.18. The summed E-state index contributed by atoms with van der Waals surface area (Å²) in [6.45, 7) is 5.25. The topological polar surface area (TPSA) is 84.4 Å². The van der Waals surface area contributed by atoms with Crippen molar-refractivity contribution in [3.63, 3.8) is 0 Å². The van der Waals surface area contributed by atoms with Crippen LogP contribution in [-0.4, -0.2) is 47.6 Å². The SMILES string of the molecule is CN(CC(=O)OCC(=O)NC(C)(C)C)c1ncccn1. The number of carbonyl (C=O) groups is 2. The molecular weight excluding hydrogens is 260 g/mol. The normalized spacial score (nSPS) is 10.8. The maximum atomic E-state index is 11.6. The third kappa shape index (κ3) is 6.12. The molecule has 20 heavy (non-hydrogen) atoms. The molecule has 1 aromatic heterocycles. The van der Waals surface area contributed by atoms with Gasteiger partial charge in [0.2, 0.25) is 5.95 Å². The quantitative estimate of drug-likeness (QED) is 0.784. The lowest BCUT2D eigenvalue weighted by Gasteiger charge is -2.20. The predicted octanol–water partition coefficient (Wildman–Crippen LogP) is 0.371. The lowest BCUT2D eigenvalue weighted by Crippen LogP contribution is -2.43. The van der Waals surface area contributed by atoms with Crippen molar-refractivity contribution in [2.75, 3.05) is 25.1 Å². The van der Waals surface area contributed by atoms with Crippen molar-refractivity contribution in [2.45, 2.75) is 26.3 Å². The minimum atomic E-state index is -0.510. The second-order valence-corrected chi connectivity index (χ2v) is 5.36. The smallest absolute Gasteiger partial charge is 0.326 e. The first-order valence-electron chi connectivity index (χ1n) is 6.23. The number of ether oxygens (including phenoxy) is 1. The second-order valence-electron chi connectivity index (χ2n) is 5.36. The number of amides is 1. The molecule has 110 valence electrons. The van der Waals surface area contributed by atoms with E-state index in [-0.39, 0.29) is 24.6 Å². The summed E-state index contributed by atoms with van der Waals surface area (Å²) in [5.74, 6) is -0.419. The Morgan fingerprint density at radius 3 is 2.45 bits per heavy atom. The zero-order valence-corrected chi connectivity index (χ0v) is 12.2. The van der Waals surface area contributed by atoms with Crippen LogP contribution in [0.2, 0.25) is 0 Å². The van der Waals surface area contributed by atoms with Crippen LogP contribution >= 0.6 is 0 Å². The Kier molecular flexibility index (Phi) is 5.42. The van der Waals surface area contributed by atoms with E-state index in [2.05, 4.69) is 15.3 Å². The highest BCUT2D eigenvalue weighted by Gasteiger charge is 2.16. The highest BCUT2D eigenvalue weighted by Crippen LogP contribution is 2.02. The average Bonchev–Trinajstić information content (AvgIpc) is 2.35. The van der Waals surface area contributed by atoms with E-state index < -0.39 is 5.97 Å². The monoisotopic (exact) mass is 280 g/mol. The molecule has 0 spiro atoms. The zero-order valence-electron chi connectivity index (χ0n) is 12.2. The van der Waals surface area contributed by atoms with E-state index in [1.54, 1.807) is 30.4 Å². The van der Waals surface area contributed by atoms with E-state index in [0.717, 1.165) is 0 Å². The molecular formula is C13H20N4O3. The van der Waals surface area contributed by atoms with Gasteiger partial charge in [0.05, 0.1) is 0 Å². The van der Waals surface area contributed by atoms with Crippen LogP contribution in [0.25, 0.3) is 0 Å². The molecule has 0 saturated carbocycles. The summed E-state index contributed by atoms with van der Waals surface area (Å²) in [5.41, 5.74) is -0.349. The van der Waals surface area contributed by atoms with Gasteiger partial charge in [0.15, 0.2) is 6.61 Å². The molecule has 0 saturated heterocycles. The van der Waals surface area contributed by atoms with Crippen LogP contribution in [0.4, 0.5) is 5.95 Å². The maximum Gasteiger partial charge on any atom is 0.326 e. The van der Waals surface area contributed by atoms with Crippen molar-refractivity contribution in [3.05, 3.63) is 18.5 Å². The average molecular weight is 280 g/mol. The molecule has 0 fully saturated rings. The van der Waals surface area contributed by atoms with E-state index >= 15 is 0 Å². The Morgan fingerprint density at radius 1 is 1.30 bits per heavy atom. The summed E-state index contributed by atoms with van der Waals surface area (Å²) in [5, 5.41) is 2.71. The van der Waals surface area contributed by atoms with Gasteiger partial charge < -0.3 is 15.0 Å². The van der Waals surface area contributed by atoms with Gasteiger partial charge in [0.1, 0.15) is 6.54 Å². The third-order valence-electron chi connectivity index (χ3n) is 2.14.